The normalized spacial score (nSPS) is 11.6. The van der Waals surface area contributed by atoms with Crippen molar-refractivity contribution in [3.8, 4) is 0 Å². The van der Waals surface area contributed by atoms with Gasteiger partial charge in [0.15, 0.2) is 5.82 Å². The Kier molecular flexibility index (Phi) is 5.18. The lowest BCUT2D eigenvalue weighted by Crippen LogP contribution is -2.27. The smallest absolute Gasteiger partial charge is 0.151 e. The molecular weight excluding hydrogens is 298 g/mol. The molecule has 0 aliphatic heterocycles. The Hall–Kier alpha value is -2.60. The van der Waals surface area contributed by atoms with Gasteiger partial charge in [-0.2, -0.15) is 0 Å². The number of nitrogen functional groups attached to an aromatic ring is 1. The lowest BCUT2D eigenvalue weighted by atomic mass is 10.1. The van der Waals surface area contributed by atoms with Gasteiger partial charge in [-0.3, -0.25) is 5.01 Å². The minimum Gasteiger partial charge on any atom is -0.397 e. The fraction of sp³-hybridized carbons (Fsp3) is 0.176. The topological polar surface area (TPSA) is 81.3 Å². The molecule has 2 rings (SSSR count). The zero-order valence-electron chi connectivity index (χ0n) is 12.9. The average Bonchev–Trinajstić information content (AvgIpc) is 2.51. The first-order chi connectivity index (χ1) is 10.9. The monoisotopic (exact) mass is 318 g/mol. The second-order valence-electron chi connectivity index (χ2n) is 5.26. The lowest BCUT2D eigenvalue weighted by Gasteiger charge is -2.18. The van der Waals surface area contributed by atoms with Crippen LogP contribution in [0.15, 0.2) is 42.6 Å². The number of halogens is 2. The van der Waals surface area contributed by atoms with E-state index in [9.17, 15) is 8.78 Å². The van der Waals surface area contributed by atoms with Crippen molar-refractivity contribution in [2.24, 2.45) is 11.6 Å². The van der Waals surface area contributed by atoms with Gasteiger partial charge in [0.1, 0.15) is 5.82 Å². The third-order valence-corrected chi connectivity index (χ3v) is 3.45. The first-order valence-electron chi connectivity index (χ1n) is 7.27. The van der Waals surface area contributed by atoms with E-state index in [-0.39, 0.29) is 11.4 Å². The van der Waals surface area contributed by atoms with Gasteiger partial charge in [-0.05, 0) is 17.5 Å². The number of aryl methyl sites for hydroxylation is 1. The molecule has 0 amide bonds. The Morgan fingerprint density at radius 3 is 2.43 bits per heavy atom. The standard InChI is InChI=1S/C17H20F2N4/c1-2-3-11-4-6-12(7-5-11)15(20)10-23(22)16-9-13(18)8-14(19)17(16)21/h4-10H,2-3,20-22H2,1H3/b15-10-. The van der Waals surface area contributed by atoms with E-state index in [4.69, 9.17) is 17.3 Å². The van der Waals surface area contributed by atoms with E-state index in [1.807, 2.05) is 24.3 Å². The molecule has 6 N–H and O–H groups in total. The molecule has 122 valence electrons. The molecule has 2 aromatic rings. The van der Waals surface area contributed by atoms with Gasteiger partial charge in [-0.15, -0.1) is 0 Å². The number of rotatable bonds is 5. The highest BCUT2D eigenvalue weighted by Gasteiger charge is 2.12. The summed E-state index contributed by atoms with van der Waals surface area (Å²) in [7, 11) is 0. The summed E-state index contributed by atoms with van der Waals surface area (Å²) in [6.45, 7) is 2.11. The second kappa shape index (κ2) is 7.11. The summed E-state index contributed by atoms with van der Waals surface area (Å²) in [5.74, 6) is 4.18. The van der Waals surface area contributed by atoms with Crippen molar-refractivity contribution in [2.75, 3.05) is 10.7 Å². The van der Waals surface area contributed by atoms with Crippen molar-refractivity contribution < 1.29 is 8.78 Å². The fourth-order valence-electron chi connectivity index (χ4n) is 2.23. The maximum Gasteiger partial charge on any atom is 0.151 e. The molecule has 0 heterocycles. The van der Waals surface area contributed by atoms with E-state index >= 15 is 0 Å². The van der Waals surface area contributed by atoms with Crippen LogP contribution >= 0.6 is 0 Å². The SMILES string of the molecule is CCCc1ccc(/C(N)=C/N(N)c2cc(F)cc(F)c2N)cc1. The molecule has 0 aliphatic carbocycles. The summed E-state index contributed by atoms with van der Waals surface area (Å²) in [5, 5.41) is 1.01. The van der Waals surface area contributed by atoms with Gasteiger partial charge in [0.25, 0.3) is 0 Å². The molecular formula is C17H20F2N4. The molecule has 0 bridgehead atoms. The molecule has 0 saturated heterocycles. The van der Waals surface area contributed by atoms with Crippen LogP contribution in [0.2, 0.25) is 0 Å². The lowest BCUT2D eigenvalue weighted by molar-refractivity contribution is 0.586. The Morgan fingerprint density at radius 2 is 1.83 bits per heavy atom. The number of hydrogen-bond donors (Lipinski definition) is 3. The molecule has 4 nitrogen and oxygen atoms in total. The number of nitrogens with zero attached hydrogens (tertiary/aromatic N) is 1. The summed E-state index contributed by atoms with van der Waals surface area (Å²) in [6, 6.07) is 9.46. The molecule has 6 heteroatoms. The molecule has 23 heavy (non-hydrogen) atoms. The van der Waals surface area contributed by atoms with E-state index in [2.05, 4.69) is 6.92 Å². The van der Waals surface area contributed by atoms with Gasteiger partial charge in [-0.1, -0.05) is 37.6 Å². The predicted molar refractivity (Wildman–Crippen MR) is 90.0 cm³/mol. The minimum atomic E-state index is -0.869. The Labute approximate surface area is 134 Å². The van der Waals surface area contributed by atoms with Crippen LogP contribution in [0.4, 0.5) is 20.2 Å². The van der Waals surface area contributed by atoms with Crippen molar-refractivity contribution >= 4 is 17.1 Å². The minimum absolute atomic E-state index is 0.00746. The predicted octanol–water partition coefficient (Wildman–Crippen LogP) is 3.14. The number of hydrogen-bond acceptors (Lipinski definition) is 4. The van der Waals surface area contributed by atoms with Gasteiger partial charge < -0.3 is 11.5 Å². The van der Waals surface area contributed by atoms with Crippen molar-refractivity contribution in [1.29, 1.82) is 0 Å². The van der Waals surface area contributed by atoms with Crippen LogP contribution in [-0.4, -0.2) is 0 Å². The summed E-state index contributed by atoms with van der Waals surface area (Å²) >= 11 is 0. The zero-order valence-corrected chi connectivity index (χ0v) is 12.9. The van der Waals surface area contributed by atoms with Crippen LogP contribution in [-0.2, 0) is 6.42 Å². The van der Waals surface area contributed by atoms with E-state index in [0.717, 1.165) is 29.5 Å². The van der Waals surface area contributed by atoms with Crippen molar-refractivity contribution in [3.05, 3.63) is 65.4 Å². The van der Waals surface area contributed by atoms with Crippen LogP contribution in [0.1, 0.15) is 24.5 Å². The Balaban J connectivity index is 2.26. The molecule has 0 aromatic heterocycles. The molecule has 0 atom stereocenters. The fourth-order valence-corrected chi connectivity index (χ4v) is 2.23. The molecule has 0 fully saturated rings. The van der Waals surface area contributed by atoms with Crippen LogP contribution < -0.4 is 22.3 Å². The van der Waals surface area contributed by atoms with Gasteiger partial charge >= 0.3 is 0 Å². The van der Waals surface area contributed by atoms with E-state index < -0.39 is 11.6 Å². The maximum atomic E-state index is 13.5. The zero-order chi connectivity index (χ0) is 17.0. The van der Waals surface area contributed by atoms with Crippen LogP contribution in [0.3, 0.4) is 0 Å². The Morgan fingerprint density at radius 1 is 1.17 bits per heavy atom. The first-order valence-corrected chi connectivity index (χ1v) is 7.27. The highest BCUT2D eigenvalue weighted by atomic mass is 19.1. The molecule has 2 aromatic carbocycles. The molecule has 0 saturated carbocycles. The highest BCUT2D eigenvalue weighted by Crippen LogP contribution is 2.26. The first kappa shape index (κ1) is 16.8. The van der Waals surface area contributed by atoms with Crippen LogP contribution in [0.5, 0.6) is 0 Å². The second-order valence-corrected chi connectivity index (χ2v) is 5.26. The molecule has 0 unspecified atom stereocenters. The summed E-state index contributed by atoms with van der Waals surface area (Å²) in [6.07, 6.45) is 3.43. The van der Waals surface area contributed by atoms with E-state index in [0.29, 0.717) is 11.8 Å². The molecule has 0 radical (unpaired) electrons. The average molecular weight is 318 g/mol. The van der Waals surface area contributed by atoms with Crippen molar-refractivity contribution in [1.82, 2.24) is 0 Å². The summed E-state index contributed by atoms with van der Waals surface area (Å²) in [5.41, 5.74) is 13.7. The van der Waals surface area contributed by atoms with Gasteiger partial charge in [-0.25, -0.2) is 14.6 Å². The van der Waals surface area contributed by atoms with Gasteiger partial charge in [0.2, 0.25) is 0 Å². The largest absolute Gasteiger partial charge is 0.397 e. The summed E-state index contributed by atoms with van der Waals surface area (Å²) < 4.78 is 26.8. The Bertz CT molecular complexity index is 711. The van der Waals surface area contributed by atoms with Gasteiger partial charge in [0, 0.05) is 18.3 Å². The third-order valence-electron chi connectivity index (χ3n) is 3.45. The quantitative estimate of drug-likeness (QED) is 0.449. The van der Waals surface area contributed by atoms with Gasteiger partial charge in [0.05, 0.1) is 17.1 Å². The number of anilines is 2. The van der Waals surface area contributed by atoms with E-state index in [1.54, 1.807) is 0 Å². The number of hydrazine groups is 1. The van der Waals surface area contributed by atoms with Crippen molar-refractivity contribution in [3.63, 3.8) is 0 Å². The molecule has 0 aliphatic rings. The van der Waals surface area contributed by atoms with Crippen LogP contribution in [0, 0.1) is 11.6 Å². The molecule has 0 spiro atoms. The third kappa shape index (κ3) is 3.98. The number of nitrogens with two attached hydrogens (primary N) is 3. The van der Waals surface area contributed by atoms with E-state index in [1.165, 1.54) is 11.8 Å². The summed E-state index contributed by atoms with van der Waals surface area (Å²) in [4.78, 5) is 0. The van der Waals surface area contributed by atoms with Crippen LogP contribution in [0.25, 0.3) is 5.70 Å². The highest BCUT2D eigenvalue weighted by molar-refractivity contribution is 5.72. The van der Waals surface area contributed by atoms with Crippen molar-refractivity contribution in [2.45, 2.75) is 19.8 Å². The maximum absolute atomic E-state index is 13.5. The number of benzene rings is 2.